The summed E-state index contributed by atoms with van der Waals surface area (Å²) in [7, 11) is 0. The van der Waals surface area contributed by atoms with Crippen molar-refractivity contribution in [3.05, 3.63) is 23.8 Å². The SMILES string of the molecule is C=C(C)C(CC)CCC=C(C)CCC. The molecule has 0 aliphatic rings. The molecule has 0 spiro atoms. The van der Waals surface area contributed by atoms with E-state index in [1.807, 2.05) is 0 Å². The Morgan fingerprint density at radius 3 is 2.36 bits per heavy atom. The van der Waals surface area contributed by atoms with Gasteiger partial charge < -0.3 is 0 Å². The molecule has 0 aliphatic heterocycles. The van der Waals surface area contributed by atoms with Crippen molar-refractivity contribution in [2.24, 2.45) is 5.92 Å². The highest BCUT2D eigenvalue weighted by atomic mass is 14.1. The highest BCUT2D eigenvalue weighted by Gasteiger charge is 2.04. The second-order valence-electron chi connectivity index (χ2n) is 4.33. The van der Waals surface area contributed by atoms with Gasteiger partial charge in [0.15, 0.2) is 0 Å². The Morgan fingerprint density at radius 2 is 1.93 bits per heavy atom. The number of hydrogen-bond acceptors (Lipinski definition) is 0. The molecule has 0 aromatic carbocycles. The molecule has 82 valence electrons. The van der Waals surface area contributed by atoms with Gasteiger partial charge in [-0.2, -0.15) is 0 Å². The maximum Gasteiger partial charge on any atom is -0.0208 e. The van der Waals surface area contributed by atoms with Crippen LogP contribution < -0.4 is 0 Å². The summed E-state index contributed by atoms with van der Waals surface area (Å²) >= 11 is 0. The summed E-state index contributed by atoms with van der Waals surface area (Å²) in [5.74, 6) is 0.723. The van der Waals surface area contributed by atoms with Crippen LogP contribution in [0.3, 0.4) is 0 Å². The van der Waals surface area contributed by atoms with E-state index in [9.17, 15) is 0 Å². The van der Waals surface area contributed by atoms with E-state index < -0.39 is 0 Å². The van der Waals surface area contributed by atoms with E-state index in [4.69, 9.17) is 0 Å². The van der Waals surface area contributed by atoms with Gasteiger partial charge in [-0.3, -0.25) is 0 Å². The van der Waals surface area contributed by atoms with Crippen molar-refractivity contribution in [2.45, 2.75) is 59.8 Å². The second-order valence-corrected chi connectivity index (χ2v) is 4.33. The zero-order valence-electron chi connectivity index (χ0n) is 10.4. The van der Waals surface area contributed by atoms with Crippen molar-refractivity contribution in [1.82, 2.24) is 0 Å². The molecule has 0 heterocycles. The van der Waals surface area contributed by atoms with Gasteiger partial charge in [-0.1, -0.05) is 44.1 Å². The van der Waals surface area contributed by atoms with Crippen LogP contribution in [0.4, 0.5) is 0 Å². The van der Waals surface area contributed by atoms with E-state index in [2.05, 4.69) is 40.3 Å². The number of rotatable bonds is 7. The lowest BCUT2D eigenvalue weighted by atomic mass is 9.93. The average molecular weight is 194 g/mol. The first kappa shape index (κ1) is 13.5. The minimum Gasteiger partial charge on any atom is -0.0999 e. The zero-order valence-corrected chi connectivity index (χ0v) is 10.4. The largest absolute Gasteiger partial charge is 0.0999 e. The lowest BCUT2D eigenvalue weighted by molar-refractivity contribution is 0.548. The Morgan fingerprint density at radius 1 is 1.29 bits per heavy atom. The molecule has 0 amide bonds. The highest BCUT2D eigenvalue weighted by Crippen LogP contribution is 2.19. The van der Waals surface area contributed by atoms with Crippen molar-refractivity contribution in [1.29, 1.82) is 0 Å². The van der Waals surface area contributed by atoms with E-state index in [1.54, 1.807) is 5.57 Å². The molecule has 1 unspecified atom stereocenters. The number of allylic oxidation sites excluding steroid dienone is 3. The molecule has 0 aromatic heterocycles. The summed E-state index contributed by atoms with van der Waals surface area (Å²) in [6.07, 6.45) is 8.64. The van der Waals surface area contributed by atoms with Crippen LogP contribution in [0, 0.1) is 5.92 Å². The van der Waals surface area contributed by atoms with E-state index in [-0.39, 0.29) is 0 Å². The minimum absolute atomic E-state index is 0.723. The predicted molar refractivity (Wildman–Crippen MR) is 66.5 cm³/mol. The first-order chi connectivity index (χ1) is 6.61. The molecule has 0 radical (unpaired) electrons. The smallest absolute Gasteiger partial charge is 0.0208 e. The minimum atomic E-state index is 0.723. The molecule has 0 aromatic rings. The fourth-order valence-corrected chi connectivity index (χ4v) is 1.83. The molecule has 0 N–H and O–H groups in total. The first-order valence-corrected chi connectivity index (χ1v) is 5.92. The lowest BCUT2D eigenvalue weighted by Crippen LogP contribution is -1.98. The van der Waals surface area contributed by atoms with Crippen molar-refractivity contribution in [3.8, 4) is 0 Å². The summed E-state index contributed by atoms with van der Waals surface area (Å²) in [4.78, 5) is 0. The van der Waals surface area contributed by atoms with Crippen LogP contribution in [-0.4, -0.2) is 0 Å². The van der Waals surface area contributed by atoms with Crippen molar-refractivity contribution in [3.63, 3.8) is 0 Å². The second kappa shape index (κ2) is 7.84. The van der Waals surface area contributed by atoms with Gasteiger partial charge in [0.2, 0.25) is 0 Å². The number of hydrogen-bond donors (Lipinski definition) is 0. The van der Waals surface area contributed by atoms with Gasteiger partial charge >= 0.3 is 0 Å². The molecular formula is C14H26. The monoisotopic (exact) mass is 194 g/mol. The van der Waals surface area contributed by atoms with Gasteiger partial charge in [0.1, 0.15) is 0 Å². The summed E-state index contributed by atoms with van der Waals surface area (Å²) < 4.78 is 0. The highest BCUT2D eigenvalue weighted by molar-refractivity contribution is 5.00. The van der Waals surface area contributed by atoms with Crippen molar-refractivity contribution < 1.29 is 0 Å². The molecule has 0 saturated carbocycles. The fraction of sp³-hybridized carbons (Fsp3) is 0.714. The molecule has 0 fully saturated rings. The van der Waals surface area contributed by atoms with Gasteiger partial charge in [0, 0.05) is 0 Å². The normalized spacial score (nSPS) is 14.1. The molecule has 0 bridgehead atoms. The molecule has 1 atom stereocenters. The molecule has 0 heteroatoms. The molecule has 0 saturated heterocycles. The molecular weight excluding hydrogens is 168 g/mol. The summed E-state index contributed by atoms with van der Waals surface area (Å²) in [6.45, 7) is 12.9. The summed E-state index contributed by atoms with van der Waals surface area (Å²) in [5, 5.41) is 0. The topological polar surface area (TPSA) is 0 Å². The van der Waals surface area contributed by atoms with Gasteiger partial charge in [0.25, 0.3) is 0 Å². The van der Waals surface area contributed by atoms with Crippen LogP contribution in [0.15, 0.2) is 23.8 Å². The third kappa shape index (κ3) is 6.01. The zero-order chi connectivity index (χ0) is 11.0. The average Bonchev–Trinajstić information content (AvgIpc) is 2.12. The van der Waals surface area contributed by atoms with E-state index >= 15 is 0 Å². The molecule has 0 nitrogen and oxygen atoms in total. The third-order valence-electron chi connectivity index (χ3n) is 2.84. The molecule has 0 aliphatic carbocycles. The Hall–Kier alpha value is -0.520. The van der Waals surface area contributed by atoms with Crippen LogP contribution in [0.25, 0.3) is 0 Å². The maximum atomic E-state index is 4.04. The van der Waals surface area contributed by atoms with Crippen molar-refractivity contribution >= 4 is 0 Å². The quantitative estimate of drug-likeness (QED) is 0.494. The van der Waals surface area contributed by atoms with Crippen LogP contribution in [0.2, 0.25) is 0 Å². The predicted octanol–water partition coefficient (Wildman–Crippen LogP) is 5.12. The van der Waals surface area contributed by atoms with E-state index in [0.29, 0.717) is 0 Å². The van der Waals surface area contributed by atoms with Gasteiger partial charge in [-0.25, -0.2) is 0 Å². The Labute approximate surface area is 90.1 Å². The molecule has 0 rings (SSSR count). The van der Waals surface area contributed by atoms with E-state index in [1.165, 1.54) is 37.7 Å². The standard InChI is InChI=1S/C14H26/c1-6-9-13(5)10-8-11-14(7-2)12(3)4/h10,14H,3,6-9,11H2,1-2,4-5H3. The van der Waals surface area contributed by atoms with E-state index in [0.717, 1.165) is 5.92 Å². The van der Waals surface area contributed by atoms with Crippen molar-refractivity contribution in [2.75, 3.05) is 0 Å². The first-order valence-electron chi connectivity index (χ1n) is 5.92. The maximum absolute atomic E-state index is 4.04. The Bertz CT molecular complexity index is 186. The van der Waals surface area contributed by atoms with Crippen LogP contribution >= 0.6 is 0 Å². The van der Waals surface area contributed by atoms with Gasteiger partial charge in [0.05, 0.1) is 0 Å². The fourth-order valence-electron chi connectivity index (χ4n) is 1.83. The Kier molecular flexibility index (Phi) is 7.55. The summed E-state index contributed by atoms with van der Waals surface area (Å²) in [5.41, 5.74) is 2.89. The molecule has 14 heavy (non-hydrogen) atoms. The van der Waals surface area contributed by atoms with Crippen LogP contribution in [0.1, 0.15) is 59.8 Å². The van der Waals surface area contributed by atoms with Crippen LogP contribution in [-0.2, 0) is 0 Å². The van der Waals surface area contributed by atoms with Crippen LogP contribution in [0.5, 0.6) is 0 Å². The lowest BCUT2D eigenvalue weighted by Gasteiger charge is -2.13. The third-order valence-corrected chi connectivity index (χ3v) is 2.84. The Balaban J connectivity index is 3.80. The van der Waals surface area contributed by atoms with Gasteiger partial charge in [-0.15, -0.1) is 0 Å². The summed E-state index contributed by atoms with van der Waals surface area (Å²) in [6, 6.07) is 0. The van der Waals surface area contributed by atoms with Gasteiger partial charge in [-0.05, 0) is 45.4 Å².